The molecule has 0 bridgehead atoms. The minimum atomic E-state index is -2.99. The largest absolute Gasteiger partial charge is 0.508 e. The molecule has 1 amide bonds. The summed E-state index contributed by atoms with van der Waals surface area (Å²) in [7, 11) is 2.91. The lowest BCUT2D eigenvalue weighted by atomic mass is 9.54. The fourth-order valence-corrected chi connectivity index (χ4v) is 7.72. The molecule has 0 aliphatic heterocycles. The smallest absolute Gasteiger partial charge is 0.299 e. The van der Waals surface area contributed by atoms with Gasteiger partial charge in [0, 0.05) is 35.8 Å². The molecule has 258 valence electrons. The summed E-state index contributed by atoms with van der Waals surface area (Å²) in [6.45, 7) is 7.55. The van der Waals surface area contributed by atoms with Crippen molar-refractivity contribution in [1.82, 2.24) is 9.88 Å². The van der Waals surface area contributed by atoms with Gasteiger partial charge in [-0.15, -0.1) is 0 Å². The number of Topliss-reactive ketones (excluding diaryl/α,β-unsaturated/α-hetero) is 2. The highest BCUT2D eigenvalue weighted by Crippen LogP contribution is 2.56. The number of rotatable bonds is 8. The highest BCUT2D eigenvalue weighted by Gasteiger charge is 2.68. The number of ketones is 2. The number of hydrogen-bond acceptors (Lipinski definition) is 13. The zero-order valence-electron chi connectivity index (χ0n) is 27.6. The van der Waals surface area contributed by atoms with E-state index in [1.165, 1.54) is 31.3 Å². The predicted octanol–water partition coefficient (Wildman–Crippen LogP) is 2.74. The van der Waals surface area contributed by atoms with Crippen LogP contribution in [0.4, 0.5) is 17.4 Å². The SMILES string of the molecule is CCN(CC)c1ccc(-c2cnc(Nc3ccc4c(c3O)C(O)=C3C(=O)[C@@]5(O)C(O)=C(C(N)=O)C(=O)[C@H](N(C)C)[C@H]5[C@H](O)[C@H]3[C@@H]4C)o2)cc1. The third-order valence-corrected chi connectivity index (χ3v) is 10.2. The van der Waals surface area contributed by atoms with Gasteiger partial charge in [-0.05, 0) is 69.8 Å². The number of hydrogen-bond donors (Lipinski definition) is 7. The first-order valence-corrected chi connectivity index (χ1v) is 16.0. The Morgan fingerprint density at radius 1 is 1.06 bits per heavy atom. The first kappa shape index (κ1) is 33.7. The highest BCUT2D eigenvalue weighted by atomic mass is 16.4. The second-order valence-corrected chi connectivity index (χ2v) is 12.8. The monoisotopic (exact) mass is 673 g/mol. The Balaban J connectivity index is 1.39. The lowest BCUT2D eigenvalue weighted by Gasteiger charge is -2.53. The van der Waals surface area contributed by atoms with Gasteiger partial charge in [0.05, 0.1) is 35.5 Å². The Morgan fingerprint density at radius 2 is 1.71 bits per heavy atom. The number of nitrogens with one attached hydrogen (secondary N) is 1. The van der Waals surface area contributed by atoms with Crippen LogP contribution in [0.25, 0.3) is 17.1 Å². The van der Waals surface area contributed by atoms with Crippen LogP contribution < -0.4 is 16.0 Å². The average Bonchev–Trinajstić information content (AvgIpc) is 3.53. The van der Waals surface area contributed by atoms with Gasteiger partial charge >= 0.3 is 0 Å². The van der Waals surface area contributed by atoms with Crippen LogP contribution in [0, 0.1) is 11.8 Å². The molecule has 1 heterocycles. The second-order valence-electron chi connectivity index (χ2n) is 12.8. The molecular weight excluding hydrogens is 634 g/mol. The molecule has 0 saturated heterocycles. The predicted molar refractivity (Wildman–Crippen MR) is 179 cm³/mol. The van der Waals surface area contributed by atoms with Crippen molar-refractivity contribution in [3.63, 3.8) is 0 Å². The maximum Gasteiger partial charge on any atom is 0.299 e. The third kappa shape index (κ3) is 4.89. The lowest BCUT2D eigenvalue weighted by Crippen LogP contribution is -2.70. The Hall–Kier alpha value is -5.18. The zero-order valence-corrected chi connectivity index (χ0v) is 27.6. The van der Waals surface area contributed by atoms with Gasteiger partial charge in [0.1, 0.15) is 22.8 Å². The molecule has 3 aliphatic rings. The Kier molecular flexibility index (Phi) is 8.29. The van der Waals surface area contributed by atoms with Crippen molar-refractivity contribution >= 4 is 40.6 Å². The number of aliphatic hydroxyl groups is 4. The zero-order chi connectivity index (χ0) is 35.7. The summed E-state index contributed by atoms with van der Waals surface area (Å²) in [4.78, 5) is 47.6. The van der Waals surface area contributed by atoms with Gasteiger partial charge < -0.3 is 45.9 Å². The average molecular weight is 674 g/mol. The van der Waals surface area contributed by atoms with Gasteiger partial charge in [-0.3, -0.25) is 19.3 Å². The van der Waals surface area contributed by atoms with Crippen LogP contribution in [0.3, 0.4) is 0 Å². The van der Waals surface area contributed by atoms with E-state index in [-0.39, 0.29) is 17.3 Å². The maximum absolute atomic E-state index is 14.2. The molecule has 6 rings (SSSR count). The molecule has 1 aromatic heterocycles. The van der Waals surface area contributed by atoms with E-state index in [1.54, 1.807) is 13.0 Å². The highest BCUT2D eigenvalue weighted by molar-refractivity contribution is 6.24. The third-order valence-electron chi connectivity index (χ3n) is 10.2. The Labute approximate surface area is 281 Å². The number of carbonyl (C=O) groups is 3. The van der Waals surface area contributed by atoms with Crippen LogP contribution in [0.1, 0.15) is 37.8 Å². The second kappa shape index (κ2) is 12.1. The van der Waals surface area contributed by atoms with E-state index in [4.69, 9.17) is 10.2 Å². The number of aliphatic hydroxyl groups excluding tert-OH is 3. The van der Waals surface area contributed by atoms with Crippen LogP contribution in [0.2, 0.25) is 0 Å². The summed E-state index contributed by atoms with van der Waals surface area (Å²) in [5.41, 5.74) is 3.06. The Bertz CT molecular complexity index is 1930. The summed E-state index contributed by atoms with van der Waals surface area (Å²) in [6, 6.07) is 9.52. The number of phenols is 1. The minimum absolute atomic E-state index is 0.0314. The fraction of sp³-hybridized carbons (Fsp3) is 0.371. The molecule has 6 atom stereocenters. The summed E-state index contributed by atoms with van der Waals surface area (Å²) < 4.78 is 5.90. The molecule has 14 heteroatoms. The number of aromatic hydroxyl groups is 1. The van der Waals surface area contributed by atoms with Crippen molar-refractivity contribution < 1.29 is 44.3 Å². The maximum atomic E-state index is 14.2. The quantitative estimate of drug-likeness (QED) is 0.135. The molecular formula is C35H39N5O9. The van der Waals surface area contributed by atoms with Crippen LogP contribution >= 0.6 is 0 Å². The number of carbonyl (C=O) groups excluding carboxylic acids is 3. The molecule has 3 aromatic rings. The van der Waals surface area contributed by atoms with Crippen molar-refractivity contribution in [3.05, 3.63) is 70.6 Å². The van der Waals surface area contributed by atoms with Crippen molar-refractivity contribution in [2.24, 2.45) is 17.6 Å². The number of nitrogens with zero attached hydrogens (tertiary/aromatic N) is 3. The molecule has 3 aliphatic carbocycles. The topological polar surface area (TPSA) is 223 Å². The molecule has 1 saturated carbocycles. The molecule has 0 unspecified atom stereocenters. The van der Waals surface area contributed by atoms with Gasteiger partial charge in [-0.2, -0.15) is 0 Å². The standard InChI is InChI=1S/C35H39N5O9/c1-6-40(7-2)17-10-8-16(9-11-17)20-14-37-34(49-20)38-19-13-12-18-15(3)21-23(28(42)22(18)27(19)41)31(45)35(48)25(29(21)43)26(39(4)5)30(44)24(32(35)46)33(36)47/h8-15,21,25-26,29,41-43,46,48H,6-7H2,1-5H3,(H2,36,47)(H,37,38)/t15-,21+,25+,26-,29-,35-/m1/s1. The number of benzene rings is 2. The van der Waals surface area contributed by atoms with Gasteiger partial charge in [0.25, 0.3) is 11.9 Å². The van der Waals surface area contributed by atoms with E-state index in [0.717, 1.165) is 24.3 Å². The van der Waals surface area contributed by atoms with E-state index in [2.05, 4.69) is 29.0 Å². The normalized spacial score (nSPS) is 26.4. The van der Waals surface area contributed by atoms with E-state index in [0.29, 0.717) is 11.3 Å². The van der Waals surface area contributed by atoms with Crippen molar-refractivity contribution in [2.45, 2.75) is 44.4 Å². The van der Waals surface area contributed by atoms with Gasteiger partial charge in [-0.1, -0.05) is 13.0 Å². The van der Waals surface area contributed by atoms with Crippen LogP contribution in [0.5, 0.6) is 5.75 Å². The van der Waals surface area contributed by atoms with Gasteiger partial charge in [0.15, 0.2) is 17.1 Å². The number of amides is 1. The van der Waals surface area contributed by atoms with Gasteiger partial charge in [-0.25, -0.2) is 4.98 Å². The number of primary amides is 1. The van der Waals surface area contributed by atoms with Crippen LogP contribution in [-0.4, -0.2) is 97.8 Å². The molecule has 8 N–H and O–H groups in total. The van der Waals surface area contributed by atoms with Crippen molar-refractivity contribution in [3.8, 4) is 17.1 Å². The lowest BCUT2D eigenvalue weighted by molar-refractivity contribution is -0.169. The fourth-order valence-electron chi connectivity index (χ4n) is 7.72. The summed E-state index contributed by atoms with van der Waals surface area (Å²) in [5.74, 6) is -9.15. The number of oxazole rings is 1. The van der Waals surface area contributed by atoms with E-state index in [9.17, 15) is 39.9 Å². The number of likely N-dealkylation sites (N-methyl/N-ethyl adjacent to an activating group) is 1. The summed E-state index contributed by atoms with van der Waals surface area (Å²) in [6.07, 6.45) is -0.158. The molecule has 0 spiro atoms. The first-order valence-electron chi connectivity index (χ1n) is 16.0. The number of nitrogens with two attached hydrogens (primary N) is 1. The van der Waals surface area contributed by atoms with Crippen molar-refractivity contribution in [1.29, 1.82) is 0 Å². The number of aromatic nitrogens is 1. The molecule has 1 fully saturated rings. The van der Waals surface area contributed by atoms with E-state index < -0.39 is 81.4 Å². The van der Waals surface area contributed by atoms with Crippen molar-refractivity contribution in [2.75, 3.05) is 37.4 Å². The number of fused-ring (bicyclic) bond motifs is 3. The number of phenolic OH excluding ortho intramolecular Hbond substituents is 1. The van der Waals surface area contributed by atoms with Crippen LogP contribution in [0.15, 0.2) is 63.9 Å². The number of anilines is 3. The summed E-state index contributed by atoms with van der Waals surface area (Å²) >= 11 is 0. The molecule has 0 radical (unpaired) electrons. The minimum Gasteiger partial charge on any atom is -0.508 e. The van der Waals surface area contributed by atoms with E-state index in [1.807, 2.05) is 24.3 Å². The first-order chi connectivity index (χ1) is 23.2. The van der Waals surface area contributed by atoms with Crippen LogP contribution in [-0.2, 0) is 14.4 Å². The molecule has 49 heavy (non-hydrogen) atoms. The summed E-state index contributed by atoms with van der Waals surface area (Å²) in [5, 5.41) is 60.7. The van der Waals surface area contributed by atoms with E-state index >= 15 is 0 Å². The molecule has 2 aromatic carbocycles. The Morgan fingerprint density at radius 3 is 2.31 bits per heavy atom. The van der Waals surface area contributed by atoms with Gasteiger partial charge in [0.2, 0.25) is 5.78 Å². The molecule has 14 nitrogen and oxygen atoms in total.